The second-order valence-corrected chi connectivity index (χ2v) is 6.91. The third kappa shape index (κ3) is 4.68. The van der Waals surface area contributed by atoms with Crippen LogP contribution < -0.4 is 20.1 Å². The van der Waals surface area contributed by atoms with Crippen LogP contribution in [0.3, 0.4) is 0 Å². The van der Waals surface area contributed by atoms with E-state index in [1.165, 1.54) is 0 Å². The Kier molecular flexibility index (Phi) is 6.01. The molecule has 138 valence electrons. The Hall–Kier alpha value is -2.24. The lowest BCUT2D eigenvalue weighted by Crippen LogP contribution is -2.87. The Balaban J connectivity index is 1.52. The van der Waals surface area contributed by atoms with Crippen molar-refractivity contribution in [3.05, 3.63) is 58.6 Å². The summed E-state index contributed by atoms with van der Waals surface area (Å²) in [6, 6.07) is 13.6. The van der Waals surface area contributed by atoms with E-state index in [2.05, 4.69) is 12.2 Å². The van der Waals surface area contributed by atoms with Crippen LogP contribution in [0.1, 0.15) is 37.1 Å². The molecule has 0 radical (unpaired) electrons. The van der Waals surface area contributed by atoms with Crippen LogP contribution in [0.5, 0.6) is 11.5 Å². The number of halogens is 1. The van der Waals surface area contributed by atoms with Crippen LogP contribution in [-0.4, -0.2) is 25.7 Å². The Bertz CT molecular complexity index is 764. The molecule has 0 bridgehead atoms. The van der Waals surface area contributed by atoms with Crippen molar-refractivity contribution in [1.82, 2.24) is 5.32 Å². The number of benzene rings is 2. The van der Waals surface area contributed by atoms with E-state index in [9.17, 15) is 4.79 Å². The number of quaternary nitrogens is 1. The van der Waals surface area contributed by atoms with E-state index < -0.39 is 0 Å². The molecule has 1 aliphatic heterocycles. The highest BCUT2D eigenvalue weighted by Gasteiger charge is 2.17. The molecule has 0 unspecified atom stereocenters. The maximum atomic E-state index is 12.3. The first kappa shape index (κ1) is 18.5. The maximum Gasteiger partial charge on any atom is 0.275 e. The highest BCUT2D eigenvalue weighted by molar-refractivity contribution is 6.30. The number of fused-ring (bicyclic) bond motifs is 1. The van der Waals surface area contributed by atoms with Gasteiger partial charge in [0.15, 0.2) is 18.0 Å². The third-order valence-corrected chi connectivity index (χ3v) is 4.75. The molecule has 26 heavy (non-hydrogen) atoms. The highest BCUT2D eigenvalue weighted by Crippen LogP contribution is 2.32. The predicted octanol–water partition coefficient (Wildman–Crippen LogP) is 2.61. The van der Waals surface area contributed by atoms with Crippen LogP contribution in [0, 0.1) is 0 Å². The fraction of sp³-hybridized carbons (Fsp3) is 0.350. The quantitative estimate of drug-likeness (QED) is 0.815. The Labute approximate surface area is 158 Å². The summed E-state index contributed by atoms with van der Waals surface area (Å²) in [6.07, 6.45) is 0. The molecule has 1 aliphatic rings. The van der Waals surface area contributed by atoms with Crippen molar-refractivity contribution < 1.29 is 19.6 Å². The molecule has 0 fully saturated rings. The summed E-state index contributed by atoms with van der Waals surface area (Å²) in [6.45, 7) is 5.51. The monoisotopic (exact) mass is 375 g/mol. The molecule has 0 aliphatic carbocycles. The molecule has 6 heteroatoms. The van der Waals surface area contributed by atoms with E-state index in [-0.39, 0.29) is 18.0 Å². The zero-order valence-electron chi connectivity index (χ0n) is 15.0. The topological polar surface area (TPSA) is 64.2 Å². The molecule has 1 amide bonds. The number of rotatable bonds is 6. The molecule has 3 rings (SSSR count). The number of amides is 1. The summed E-state index contributed by atoms with van der Waals surface area (Å²) >= 11 is 5.91. The van der Waals surface area contributed by atoms with Crippen molar-refractivity contribution in [2.45, 2.75) is 25.9 Å². The van der Waals surface area contributed by atoms with E-state index in [1.54, 1.807) is 0 Å². The third-order valence-electron chi connectivity index (χ3n) is 4.50. The Morgan fingerprint density at radius 2 is 1.73 bits per heavy atom. The molecule has 2 aromatic carbocycles. The van der Waals surface area contributed by atoms with Gasteiger partial charge in [-0.1, -0.05) is 29.8 Å². The molecule has 3 N–H and O–H groups in total. The van der Waals surface area contributed by atoms with Crippen molar-refractivity contribution >= 4 is 17.5 Å². The van der Waals surface area contributed by atoms with Crippen molar-refractivity contribution in [2.75, 3.05) is 19.8 Å². The number of carbonyl (C=O) groups is 1. The summed E-state index contributed by atoms with van der Waals surface area (Å²) in [7, 11) is 0. The number of carbonyl (C=O) groups excluding carboxylic acids is 1. The van der Waals surface area contributed by atoms with Crippen LogP contribution >= 0.6 is 11.6 Å². The zero-order valence-corrected chi connectivity index (χ0v) is 15.8. The largest absolute Gasteiger partial charge is 0.486 e. The molecule has 2 atom stereocenters. The van der Waals surface area contributed by atoms with Gasteiger partial charge in [0, 0.05) is 10.6 Å². The van der Waals surface area contributed by atoms with Gasteiger partial charge in [0.05, 0.1) is 6.04 Å². The van der Waals surface area contributed by atoms with Gasteiger partial charge in [-0.05, 0) is 43.7 Å². The van der Waals surface area contributed by atoms with Gasteiger partial charge in [-0.2, -0.15) is 0 Å². The molecular formula is C20H24ClN2O3+. The molecular weight excluding hydrogens is 352 g/mol. The lowest BCUT2D eigenvalue weighted by atomic mass is 10.1. The van der Waals surface area contributed by atoms with Crippen LogP contribution in [0.2, 0.25) is 5.02 Å². The smallest absolute Gasteiger partial charge is 0.275 e. The summed E-state index contributed by atoms with van der Waals surface area (Å²) in [5.74, 6) is 1.48. The van der Waals surface area contributed by atoms with Gasteiger partial charge in [0.1, 0.15) is 19.3 Å². The van der Waals surface area contributed by atoms with Gasteiger partial charge >= 0.3 is 0 Å². The van der Waals surface area contributed by atoms with Gasteiger partial charge in [-0.25, -0.2) is 0 Å². The number of nitrogens with two attached hydrogens (primary N) is 1. The minimum atomic E-state index is -0.0995. The SMILES string of the molecule is C[C@H](NC(=O)C[NH2+][C@H](C)c1ccc(Cl)cc1)c1ccc2c(c1)OCCO2. The molecule has 5 nitrogen and oxygen atoms in total. The van der Waals surface area contributed by atoms with Crippen LogP contribution in [-0.2, 0) is 4.79 Å². The van der Waals surface area contributed by atoms with Crippen molar-refractivity contribution in [1.29, 1.82) is 0 Å². The number of hydrogen-bond donors (Lipinski definition) is 2. The summed E-state index contributed by atoms with van der Waals surface area (Å²) in [4.78, 5) is 12.3. The second kappa shape index (κ2) is 8.43. The van der Waals surface area contributed by atoms with Gasteiger partial charge < -0.3 is 20.1 Å². The van der Waals surface area contributed by atoms with E-state index in [0.29, 0.717) is 24.8 Å². The van der Waals surface area contributed by atoms with Crippen molar-refractivity contribution in [3.63, 3.8) is 0 Å². The number of ether oxygens (including phenoxy) is 2. The van der Waals surface area contributed by atoms with Gasteiger partial charge in [-0.3, -0.25) is 4.79 Å². The number of nitrogens with one attached hydrogen (secondary N) is 1. The first-order chi connectivity index (χ1) is 12.5. The first-order valence-electron chi connectivity index (χ1n) is 8.80. The number of hydrogen-bond acceptors (Lipinski definition) is 3. The lowest BCUT2D eigenvalue weighted by Gasteiger charge is -2.21. The summed E-state index contributed by atoms with van der Waals surface area (Å²) in [5, 5.41) is 5.76. The van der Waals surface area contributed by atoms with Crippen LogP contribution in [0.15, 0.2) is 42.5 Å². The average Bonchev–Trinajstić information content (AvgIpc) is 2.66. The fourth-order valence-electron chi connectivity index (χ4n) is 2.90. The van der Waals surface area contributed by atoms with Crippen molar-refractivity contribution in [3.8, 4) is 11.5 Å². The second-order valence-electron chi connectivity index (χ2n) is 6.47. The predicted molar refractivity (Wildman–Crippen MR) is 101 cm³/mol. The Morgan fingerprint density at radius 1 is 1.08 bits per heavy atom. The van der Waals surface area contributed by atoms with Gasteiger partial charge in [0.25, 0.3) is 5.91 Å². The Morgan fingerprint density at radius 3 is 2.46 bits per heavy atom. The first-order valence-corrected chi connectivity index (χ1v) is 9.18. The van der Waals surface area contributed by atoms with Crippen LogP contribution in [0.25, 0.3) is 0 Å². The minimum absolute atomic E-state index is 0.00629. The molecule has 0 spiro atoms. The molecule has 0 saturated carbocycles. The van der Waals surface area contributed by atoms with E-state index in [1.807, 2.05) is 54.7 Å². The van der Waals surface area contributed by atoms with Gasteiger partial charge in [0.2, 0.25) is 0 Å². The molecule has 1 heterocycles. The molecule has 0 saturated heterocycles. The normalized spacial score (nSPS) is 15.2. The maximum absolute atomic E-state index is 12.3. The lowest BCUT2D eigenvalue weighted by molar-refractivity contribution is -0.682. The summed E-state index contributed by atoms with van der Waals surface area (Å²) in [5.41, 5.74) is 2.13. The fourth-order valence-corrected chi connectivity index (χ4v) is 3.03. The average molecular weight is 376 g/mol. The summed E-state index contributed by atoms with van der Waals surface area (Å²) < 4.78 is 11.1. The zero-order chi connectivity index (χ0) is 18.5. The van der Waals surface area contributed by atoms with E-state index in [4.69, 9.17) is 21.1 Å². The van der Waals surface area contributed by atoms with Crippen molar-refractivity contribution in [2.24, 2.45) is 0 Å². The van der Waals surface area contributed by atoms with E-state index in [0.717, 1.165) is 22.6 Å². The van der Waals surface area contributed by atoms with Gasteiger partial charge in [-0.15, -0.1) is 0 Å². The highest BCUT2D eigenvalue weighted by atomic mass is 35.5. The van der Waals surface area contributed by atoms with E-state index >= 15 is 0 Å². The standard InChI is InChI=1S/C20H23ClN2O3/c1-13(15-3-6-17(21)7-4-15)22-12-20(24)23-14(2)16-5-8-18-19(11-16)26-10-9-25-18/h3-8,11,13-14,22H,9-10,12H2,1-2H3,(H,23,24)/p+1/t13-,14+/m1/s1. The molecule has 0 aromatic heterocycles. The minimum Gasteiger partial charge on any atom is -0.486 e. The molecule has 2 aromatic rings. The van der Waals surface area contributed by atoms with Crippen LogP contribution in [0.4, 0.5) is 0 Å².